The summed E-state index contributed by atoms with van der Waals surface area (Å²) in [5, 5.41) is 3.63. The minimum absolute atomic E-state index is 0.573. The van der Waals surface area contributed by atoms with Crippen LogP contribution in [-0.4, -0.2) is 25.8 Å². The van der Waals surface area contributed by atoms with E-state index in [0.29, 0.717) is 6.10 Å². The van der Waals surface area contributed by atoms with E-state index in [9.17, 15) is 0 Å². The number of hydrogen-bond donors (Lipinski definition) is 1. The Bertz CT molecular complexity index is 195. The highest BCUT2D eigenvalue weighted by Gasteiger charge is 2.28. The first kappa shape index (κ1) is 13.4. The van der Waals surface area contributed by atoms with E-state index in [1.54, 1.807) is 0 Å². The summed E-state index contributed by atoms with van der Waals surface area (Å²) < 4.78 is 5.82. The Hall–Kier alpha value is -0.0800. The van der Waals surface area contributed by atoms with Crippen molar-refractivity contribution in [3.05, 3.63) is 0 Å². The largest absolute Gasteiger partial charge is 0.378 e. The first-order valence-electron chi connectivity index (χ1n) is 7.72. The molecule has 2 atom stereocenters. The second-order valence-corrected chi connectivity index (χ2v) is 5.88. The van der Waals surface area contributed by atoms with Crippen LogP contribution in [0.2, 0.25) is 0 Å². The van der Waals surface area contributed by atoms with Crippen LogP contribution in [0.15, 0.2) is 0 Å². The maximum absolute atomic E-state index is 5.82. The van der Waals surface area contributed by atoms with Gasteiger partial charge in [0.15, 0.2) is 0 Å². The van der Waals surface area contributed by atoms with E-state index in [0.717, 1.165) is 18.4 Å². The van der Waals surface area contributed by atoms with Crippen LogP contribution in [0.3, 0.4) is 0 Å². The molecule has 0 aromatic rings. The SMILES string of the molecule is CCCNCC(CC1CCCO1)C1CCCC1. The van der Waals surface area contributed by atoms with E-state index in [2.05, 4.69) is 12.2 Å². The molecule has 1 N–H and O–H groups in total. The van der Waals surface area contributed by atoms with Gasteiger partial charge in [0.25, 0.3) is 0 Å². The van der Waals surface area contributed by atoms with Crippen LogP contribution in [0.4, 0.5) is 0 Å². The van der Waals surface area contributed by atoms with Crippen LogP contribution in [0.1, 0.15) is 58.3 Å². The maximum Gasteiger partial charge on any atom is 0.0579 e. The average Bonchev–Trinajstić information content (AvgIpc) is 3.01. The van der Waals surface area contributed by atoms with Gasteiger partial charge in [-0.1, -0.05) is 32.6 Å². The normalized spacial score (nSPS) is 27.7. The molecular weight excluding hydrogens is 210 g/mol. The van der Waals surface area contributed by atoms with Crippen molar-refractivity contribution in [1.82, 2.24) is 5.32 Å². The second kappa shape index (κ2) is 7.38. The standard InChI is InChI=1S/C15H29NO/c1-2-9-16-12-14(13-6-3-4-7-13)11-15-8-5-10-17-15/h13-16H,2-12H2,1H3. The predicted octanol–water partition coefficient (Wildman–Crippen LogP) is 3.36. The van der Waals surface area contributed by atoms with Crippen LogP contribution in [0, 0.1) is 11.8 Å². The molecule has 0 amide bonds. The maximum atomic E-state index is 5.82. The zero-order valence-electron chi connectivity index (χ0n) is 11.4. The number of ether oxygens (including phenoxy) is 1. The Kier molecular flexibility index (Phi) is 5.79. The molecule has 0 aromatic carbocycles. The molecule has 0 spiro atoms. The molecule has 1 aliphatic heterocycles. The smallest absolute Gasteiger partial charge is 0.0579 e. The lowest BCUT2D eigenvalue weighted by Gasteiger charge is -2.26. The van der Waals surface area contributed by atoms with Gasteiger partial charge < -0.3 is 10.1 Å². The summed E-state index contributed by atoms with van der Waals surface area (Å²) in [6.45, 7) is 5.65. The Morgan fingerprint density at radius 3 is 2.65 bits per heavy atom. The van der Waals surface area contributed by atoms with Crippen molar-refractivity contribution in [3.63, 3.8) is 0 Å². The van der Waals surface area contributed by atoms with E-state index in [1.807, 2.05) is 0 Å². The Morgan fingerprint density at radius 1 is 1.18 bits per heavy atom. The van der Waals surface area contributed by atoms with Gasteiger partial charge in [-0.05, 0) is 50.6 Å². The Balaban J connectivity index is 1.77. The summed E-state index contributed by atoms with van der Waals surface area (Å²) >= 11 is 0. The van der Waals surface area contributed by atoms with E-state index in [-0.39, 0.29) is 0 Å². The van der Waals surface area contributed by atoms with Gasteiger partial charge in [0.05, 0.1) is 6.10 Å². The third-order valence-corrected chi connectivity index (χ3v) is 4.49. The fourth-order valence-corrected chi connectivity index (χ4v) is 3.50. The minimum Gasteiger partial charge on any atom is -0.378 e. The zero-order chi connectivity index (χ0) is 11.9. The molecule has 1 aliphatic carbocycles. The van der Waals surface area contributed by atoms with Gasteiger partial charge in [0, 0.05) is 6.61 Å². The summed E-state index contributed by atoms with van der Waals surface area (Å²) in [5.74, 6) is 1.84. The van der Waals surface area contributed by atoms with E-state index in [4.69, 9.17) is 4.74 Å². The van der Waals surface area contributed by atoms with Crippen molar-refractivity contribution in [2.24, 2.45) is 11.8 Å². The molecule has 1 heterocycles. The Labute approximate surface area is 107 Å². The van der Waals surface area contributed by atoms with Crippen molar-refractivity contribution < 1.29 is 4.74 Å². The van der Waals surface area contributed by atoms with Crippen molar-refractivity contribution >= 4 is 0 Å². The molecule has 1 saturated heterocycles. The van der Waals surface area contributed by atoms with Gasteiger partial charge in [-0.3, -0.25) is 0 Å². The molecule has 17 heavy (non-hydrogen) atoms. The summed E-state index contributed by atoms with van der Waals surface area (Å²) in [5.41, 5.74) is 0. The molecule has 2 unspecified atom stereocenters. The topological polar surface area (TPSA) is 21.3 Å². The van der Waals surface area contributed by atoms with Crippen molar-refractivity contribution in [2.75, 3.05) is 19.7 Å². The lowest BCUT2D eigenvalue weighted by atomic mass is 9.85. The highest BCUT2D eigenvalue weighted by molar-refractivity contribution is 4.80. The molecule has 0 radical (unpaired) electrons. The summed E-state index contributed by atoms with van der Waals surface area (Å²) in [4.78, 5) is 0. The molecule has 0 aromatic heterocycles. The lowest BCUT2D eigenvalue weighted by Crippen LogP contribution is -2.30. The van der Waals surface area contributed by atoms with Gasteiger partial charge in [-0.25, -0.2) is 0 Å². The number of rotatable bonds is 7. The van der Waals surface area contributed by atoms with Gasteiger partial charge in [-0.15, -0.1) is 0 Å². The number of hydrogen-bond acceptors (Lipinski definition) is 2. The predicted molar refractivity (Wildman–Crippen MR) is 72.2 cm³/mol. The summed E-state index contributed by atoms with van der Waals surface area (Å²) in [6, 6.07) is 0. The second-order valence-electron chi connectivity index (χ2n) is 5.88. The third kappa shape index (κ3) is 4.26. The van der Waals surface area contributed by atoms with Gasteiger partial charge in [0.1, 0.15) is 0 Å². The van der Waals surface area contributed by atoms with Gasteiger partial charge in [0.2, 0.25) is 0 Å². The molecule has 1 saturated carbocycles. The first-order valence-corrected chi connectivity index (χ1v) is 7.72. The Morgan fingerprint density at radius 2 is 2.00 bits per heavy atom. The molecular formula is C15H29NO. The average molecular weight is 239 g/mol. The van der Waals surface area contributed by atoms with E-state index < -0.39 is 0 Å². The van der Waals surface area contributed by atoms with Crippen LogP contribution >= 0.6 is 0 Å². The molecule has 0 bridgehead atoms. The summed E-state index contributed by atoms with van der Waals surface area (Å²) in [7, 11) is 0. The molecule has 2 heteroatoms. The van der Waals surface area contributed by atoms with Gasteiger partial charge in [-0.2, -0.15) is 0 Å². The monoisotopic (exact) mass is 239 g/mol. The highest BCUT2D eigenvalue weighted by Crippen LogP contribution is 2.35. The van der Waals surface area contributed by atoms with Crippen LogP contribution in [0.25, 0.3) is 0 Å². The van der Waals surface area contributed by atoms with Crippen molar-refractivity contribution in [3.8, 4) is 0 Å². The summed E-state index contributed by atoms with van der Waals surface area (Å²) in [6.07, 6.45) is 11.6. The van der Waals surface area contributed by atoms with Crippen LogP contribution in [-0.2, 0) is 4.74 Å². The molecule has 2 aliphatic rings. The number of nitrogens with one attached hydrogen (secondary N) is 1. The zero-order valence-corrected chi connectivity index (χ0v) is 11.4. The first-order chi connectivity index (χ1) is 8.40. The fourth-order valence-electron chi connectivity index (χ4n) is 3.50. The van der Waals surface area contributed by atoms with Crippen LogP contribution in [0.5, 0.6) is 0 Å². The minimum atomic E-state index is 0.573. The highest BCUT2D eigenvalue weighted by atomic mass is 16.5. The third-order valence-electron chi connectivity index (χ3n) is 4.49. The molecule has 100 valence electrons. The molecule has 2 rings (SSSR count). The van der Waals surface area contributed by atoms with Gasteiger partial charge >= 0.3 is 0 Å². The quantitative estimate of drug-likeness (QED) is 0.688. The van der Waals surface area contributed by atoms with E-state index in [1.165, 1.54) is 64.5 Å². The lowest BCUT2D eigenvalue weighted by molar-refractivity contribution is 0.0790. The fraction of sp³-hybridized carbons (Fsp3) is 1.00. The van der Waals surface area contributed by atoms with E-state index >= 15 is 0 Å². The van der Waals surface area contributed by atoms with Crippen molar-refractivity contribution in [1.29, 1.82) is 0 Å². The molecule has 2 nitrogen and oxygen atoms in total. The molecule has 2 fully saturated rings. The van der Waals surface area contributed by atoms with Crippen molar-refractivity contribution in [2.45, 2.75) is 64.4 Å². The van der Waals surface area contributed by atoms with Crippen LogP contribution < -0.4 is 5.32 Å².